The van der Waals surface area contributed by atoms with Crippen LogP contribution in [0.15, 0.2) is 23.3 Å². The van der Waals surface area contributed by atoms with Gasteiger partial charge in [-0.2, -0.15) is 0 Å². The minimum absolute atomic E-state index is 0.716. The van der Waals surface area contributed by atoms with Gasteiger partial charge in [0.1, 0.15) is 5.82 Å². The maximum absolute atomic E-state index is 5.65. The minimum atomic E-state index is 0.716. The van der Waals surface area contributed by atoms with Gasteiger partial charge in [0, 0.05) is 65.7 Å². The fraction of sp³-hybridized carbons (Fsp3) is 0.700. The van der Waals surface area contributed by atoms with Gasteiger partial charge < -0.3 is 25.2 Å². The lowest BCUT2D eigenvalue weighted by atomic mass is 10.2. The Kier molecular flexibility index (Phi) is 7.71. The lowest BCUT2D eigenvalue weighted by Crippen LogP contribution is -2.44. The van der Waals surface area contributed by atoms with E-state index in [1.807, 2.05) is 6.20 Å². The van der Waals surface area contributed by atoms with Gasteiger partial charge in [0.05, 0.1) is 0 Å². The molecule has 1 saturated carbocycles. The quantitative estimate of drug-likeness (QED) is 0.386. The summed E-state index contributed by atoms with van der Waals surface area (Å²) in [6.45, 7) is 7.61. The lowest BCUT2D eigenvalue weighted by Gasteiger charge is -2.33. The number of nitrogens with zero attached hydrogens (tertiary/aromatic N) is 4. The number of aliphatic imine (C=N–C) groups is 1. The average molecular weight is 375 g/mol. The number of ether oxygens (including phenoxy) is 1. The first kappa shape index (κ1) is 19.9. The molecule has 27 heavy (non-hydrogen) atoms. The van der Waals surface area contributed by atoms with Crippen molar-refractivity contribution in [3.8, 4) is 0 Å². The van der Waals surface area contributed by atoms with E-state index in [-0.39, 0.29) is 0 Å². The van der Waals surface area contributed by atoms with Gasteiger partial charge in [0.15, 0.2) is 5.96 Å². The summed E-state index contributed by atoms with van der Waals surface area (Å²) in [5.74, 6) is 2.73. The number of nitrogens with one attached hydrogen (secondary N) is 2. The zero-order chi connectivity index (χ0) is 18.9. The van der Waals surface area contributed by atoms with Crippen molar-refractivity contribution < 1.29 is 4.74 Å². The van der Waals surface area contributed by atoms with Gasteiger partial charge in [-0.3, -0.25) is 4.99 Å². The molecule has 2 heterocycles. The number of piperazine rings is 1. The summed E-state index contributed by atoms with van der Waals surface area (Å²) < 4.78 is 5.65. The third-order valence-corrected chi connectivity index (χ3v) is 5.13. The number of aromatic nitrogens is 1. The van der Waals surface area contributed by atoms with Gasteiger partial charge in [-0.05, 0) is 43.9 Å². The Bertz CT molecular complexity index is 579. The first-order chi connectivity index (χ1) is 13.2. The Morgan fingerprint density at radius 2 is 2.04 bits per heavy atom. The number of hydrogen-bond donors (Lipinski definition) is 2. The van der Waals surface area contributed by atoms with Crippen molar-refractivity contribution in [2.75, 3.05) is 64.9 Å². The zero-order valence-electron chi connectivity index (χ0n) is 16.8. The van der Waals surface area contributed by atoms with Crippen LogP contribution in [0.25, 0.3) is 0 Å². The maximum atomic E-state index is 5.65. The van der Waals surface area contributed by atoms with Crippen LogP contribution in [0.5, 0.6) is 0 Å². The predicted octanol–water partition coefficient (Wildman–Crippen LogP) is 1.32. The van der Waals surface area contributed by atoms with E-state index in [0.29, 0.717) is 6.54 Å². The molecule has 1 aliphatic carbocycles. The number of guanidine groups is 1. The van der Waals surface area contributed by atoms with Crippen molar-refractivity contribution in [2.45, 2.75) is 25.8 Å². The number of rotatable bonds is 9. The lowest BCUT2D eigenvalue weighted by molar-refractivity contribution is 0.123. The van der Waals surface area contributed by atoms with Crippen molar-refractivity contribution in [1.29, 1.82) is 0 Å². The molecule has 2 aliphatic rings. The van der Waals surface area contributed by atoms with Crippen molar-refractivity contribution in [1.82, 2.24) is 20.5 Å². The standard InChI is InChI=1S/C20H34N6O/c1-21-20(22-8-3-13-27-16-17-4-5-17)24-15-18-6-7-19(23-14-18)26-11-9-25(2)10-12-26/h6-7,14,17H,3-5,8-13,15-16H2,1-2H3,(H2,21,22,24). The smallest absolute Gasteiger partial charge is 0.191 e. The van der Waals surface area contributed by atoms with Crippen molar-refractivity contribution >= 4 is 11.8 Å². The van der Waals surface area contributed by atoms with Crippen LogP contribution in [0.4, 0.5) is 5.82 Å². The summed E-state index contributed by atoms with van der Waals surface area (Å²) in [5, 5.41) is 6.68. The molecule has 0 aromatic carbocycles. The summed E-state index contributed by atoms with van der Waals surface area (Å²) in [5.41, 5.74) is 1.16. The van der Waals surface area contributed by atoms with Gasteiger partial charge in [0.25, 0.3) is 0 Å². The molecule has 0 bridgehead atoms. The van der Waals surface area contributed by atoms with E-state index in [1.165, 1.54) is 12.8 Å². The highest BCUT2D eigenvalue weighted by Crippen LogP contribution is 2.28. The molecular weight excluding hydrogens is 340 g/mol. The van der Waals surface area contributed by atoms with Gasteiger partial charge >= 0.3 is 0 Å². The van der Waals surface area contributed by atoms with E-state index in [2.05, 4.69) is 49.6 Å². The second-order valence-corrected chi connectivity index (χ2v) is 7.54. The van der Waals surface area contributed by atoms with Crippen molar-refractivity contribution in [3.63, 3.8) is 0 Å². The molecule has 0 atom stereocenters. The second kappa shape index (κ2) is 10.5. The Balaban J connectivity index is 1.32. The van der Waals surface area contributed by atoms with Gasteiger partial charge in [-0.1, -0.05) is 6.07 Å². The van der Waals surface area contributed by atoms with E-state index >= 15 is 0 Å². The van der Waals surface area contributed by atoms with Crippen LogP contribution in [0.2, 0.25) is 0 Å². The normalized spacial score (nSPS) is 18.6. The highest BCUT2D eigenvalue weighted by Gasteiger charge is 2.20. The summed E-state index contributed by atoms with van der Waals surface area (Å²) in [4.78, 5) is 13.6. The second-order valence-electron chi connectivity index (χ2n) is 7.54. The Morgan fingerprint density at radius 1 is 1.22 bits per heavy atom. The Morgan fingerprint density at radius 3 is 2.70 bits per heavy atom. The predicted molar refractivity (Wildman–Crippen MR) is 110 cm³/mol. The monoisotopic (exact) mass is 374 g/mol. The molecule has 2 N–H and O–H groups in total. The fourth-order valence-electron chi connectivity index (χ4n) is 3.07. The molecule has 0 radical (unpaired) electrons. The van der Waals surface area contributed by atoms with Crippen LogP contribution in [0.3, 0.4) is 0 Å². The Hall–Kier alpha value is -1.86. The van der Waals surface area contributed by atoms with Crippen LogP contribution in [0.1, 0.15) is 24.8 Å². The molecular formula is C20H34N6O. The number of likely N-dealkylation sites (N-methyl/N-ethyl adjacent to an activating group) is 1. The van der Waals surface area contributed by atoms with Crippen LogP contribution in [0, 0.1) is 5.92 Å². The van der Waals surface area contributed by atoms with Crippen molar-refractivity contribution in [2.24, 2.45) is 10.9 Å². The first-order valence-electron chi connectivity index (χ1n) is 10.2. The molecule has 7 heteroatoms. The highest BCUT2D eigenvalue weighted by molar-refractivity contribution is 5.79. The van der Waals surface area contributed by atoms with Crippen LogP contribution < -0.4 is 15.5 Å². The summed E-state index contributed by atoms with van der Waals surface area (Å²) in [7, 11) is 3.97. The largest absolute Gasteiger partial charge is 0.381 e. The molecule has 1 saturated heterocycles. The first-order valence-corrected chi connectivity index (χ1v) is 10.2. The van der Waals surface area contributed by atoms with Crippen molar-refractivity contribution in [3.05, 3.63) is 23.9 Å². The molecule has 0 amide bonds. The Labute approximate surface area is 163 Å². The molecule has 3 rings (SSSR count). The van der Waals surface area contributed by atoms with Gasteiger partial charge in [-0.25, -0.2) is 4.98 Å². The minimum Gasteiger partial charge on any atom is -0.381 e. The average Bonchev–Trinajstić information content (AvgIpc) is 3.52. The molecule has 2 fully saturated rings. The van der Waals surface area contributed by atoms with Gasteiger partial charge in [0.2, 0.25) is 0 Å². The van der Waals surface area contributed by atoms with Crippen LogP contribution >= 0.6 is 0 Å². The summed E-state index contributed by atoms with van der Waals surface area (Å²) in [6.07, 6.45) is 5.65. The van der Waals surface area contributed by atoms with E-state index in [9.17, 15) is 0 Å². The number of pyridine rings is 1. The molecule has 0 unspecified atom stereocenters. The van der Waals surface area contributed by atoms with E-state index in [0.717, 1.165) is 75.6 Å². The number of hydrogen-bond acceptors (Lipinski definition) is 5. The fourth-order valence-corrected chi connectivity index (χ4v) is 3.07. The molecule has 1 aromatic rings. The molecule has 1 aromatic heterocycles. The van der Waals surface area contributed by atoms with E-state index < -0.39 is 0 Å². The van der Waals surface area contributed by atoms with Crippen LogP contribution in [-0.4, -0.2) is 75.9 Å². The third-order valence-electron chi connectivity index (χ3n) is 5.13. The van der Waals surface area contributed by atoms with Gasteiger partial charge in [-0.15, -0.1) is 0 Å². The highest BCUT2D eigenvalue weighted by atomic mass is 16.5. The third kappa shape index (κ3) is 6.99. The van der Waals surface area contributed by atoms with E-state index in [4.69, 9.17) is 4.74 Å². The summed E-state index contributed by atoms with van der Waals surface area (Å²) in [6, 6.07) is 4.27. The molecule has 150 valence electrons. The van der Waals surface area contributed by atoms with Crippen LogP contribution in [-0.2, 0) is 11.3 Å². The molecule has 7 nitrogen and oxygen atoms in total. The zero-order valence-corrected chi connectivity index (χ0v) is 16.8. The summed E-state index contributed by atoms with van der Waals surface area (Å²) >= 11 is 0. The molecule has 1 aliphatic heterocycles. The number of anilines is 1. The molecule has 0 spiro atoms. The van der Waals surface area contributed by atoms with E-state index in [1.54, 1.807) is 7.05 Å². The topological polar surface area (TPSA) is 65.0 Å². The SMILES string of the molecule is CN=C(NCCCOCC1CC1)NCc1ccc(N2CCN(C)CC2)nc1. The maximum Gasteiger partial charge on any atom is 0.191 e.